The molecule has 0 fully saturated rings. The van der Waals surface area contributed by atoms with Crippen molar-refractivity contribution < 1.29 is 27.1 Å². The van der Waals surface area contributed by atoms with E-state index in [1.165, 1.54) is 29.2 Å². The van der Waals surface area contributed by atoms with Crippen molar-refractivity contribution in [2.75, 3.05) is 24.5 Å². The van der Waals surface area contributed by atoms with Gasteiger partial charge in [0.25, 0.3) is 10.0 Å². The number of amides is 2. The van der Waals surface area contributed by atoms with Crippen LogP contribution in [0.15, 0.2) is 83.8 Å². The Balaban J connectivity index is 2.02. The molecule has 0 aliphatic carbocycles. The van der Waals surface area contributed by atoms with E-state index in [4.69, 9.17) is 4.74 Å². The summed E-state index contributed by atoms with van der Waals surface area (Å²) in [6, 6.07) is 18.8. The summed E-state index contributed by atoms with van der Waals surface area (Å²) in [4.78, 5) is 28.4. The van der Waals surface area contributed by atoms with E-state index in [0.717, 1.165) is 28.4 Å². The topological polar surface area (TPSA) is 96.0 Å². The third kappa shape index (κ3) is 7.57. The summed E-state index contributed by atoms with van der Waals surface area (Å²) in [5.74, 6) is -0.795. The summed E-state index contributed by atoms with van der Waals surface area (Å²) in [5.41, 5.74) is 0.867. The number of carbonyl (C=O) groups excluding carboxylic acids is 2. The molecule has 10 heteroatoms. The second-order valence-corrected chi connectivity index (χ2v) is 10.7. The maximum absolute atomic E-state index is 13.9. The third-order valence-electron chi connectivity index (χ3n) is 6.17. The first-order valence-corrected chi connectivity index (χ1v) is 14.2. The molecular weight excluding hydrogens is 521 g/mol. The number of hydrogen-bond donors (Lipinski definition) is 1. The van der Waals surface area contributed by atoms with E-state index in [1.807, 2.05) is 6.92 Å². The van der Waals surface area contributed by atoms with E-state index >= 15 is 0 Å². The van der Waals surface area contributed by atoms with E-state index in [2.05, 4.69) is 5.32 Å². The van der Waals surface area contributed by atoms with Gasteiger partial charge in [-0.25, -0.2) is 12.8 Å². The Morgan fingerprint density at radius 2 is 1.59 bits per heavy atom. The van der Waals surface area contributed by atoms with Crippen LogP contribution >= 0.6 is 0 Å². The van der Waals surface area contributed by atoms with Crippen molar-refractivity contribution >= 4 is 27.5 Å². The molecule has 0 radical (unpaired) electrons. The quantitative estimate of drug-likeness (QED) is 0.338. The van der Waals surface area contributed by atoms with Crippen LogP contribution in [0.5, 0.6) is 5.75 Å². The smallest absolute Gasteiger partial charge is 0.264 e. The molecular formula is C29H34FN3O5S. The summed E-state index contributed by atoms with van der Waals surface area (Å²) in [5, 5.41) is 2.84. The molecule has 0 aliphatic heterocycles. The molecule has 3 aromatic carbocycles. The van der Waals surface area contributed by atoms with Crippen molar-refractivity contribution in [2.24, 2.45) is 0 Å². The van der Waals surface area contributed by atoms with Gasteiger partial charge in [-0.1, -0.05) is 44.2 Å². The van der Waals surface area contributed by atoms with Crippen LogP contribution in [-0.4, -0.2) is 51.4 Å². The molecule has 8 nitrogen and oxygen atoms in total. The van der Waals surface area contributed by atoms with Crippen molar-refractivity contribution in [2.45, 2.75) is 44.2 Å². The van der Waals surface area contributed by atoms with Crippen LogP contribution in [0.2, 0.25) is 0 Å². The van der Waals surface area contributed by atoms with E-state index in [1.54, 1.807) is 56.5 Å². The number of nitrogens with one attached hydrogen (secondary N) is 1. The fraction of sp³-hybridized carbons (Fsp3) is 0.310. The number of methoxy groups -OCH3 is 1. The minimum Gasteiger partial charge on any atom is -0.497 e. The average molecular weight is 556 g/mol. The Bertz CT molecular complexity index is 1330. The molecule has 39 heavy (non-hydrogen) atoms. The lowest BCUT2D eigenvalue weighted by atomic mass is 10.1. The fourth-order valence-corrected chi connectivity index (χ4v) is 5.50. The first kappa shape index (κ1) is 29.6. The van der Waals surface area contributed by atoms with Crippen LogP contribution in [0.1, 0.15) is 32.3 Å². The lowest BCUT2D eigenvalue weighted by molar-refractivity contribution is -0.140. The van der Waals surface area contributed by atoms with Gasteiger partial charge in [0.05, 0.1) is 17.7 Å². The van der Waals surface area contributed by atoms with Gasteiger partial charge >= 0.3 is 0 Å². The van der Waals surface area contributed by atoms with E-state index in [0.29, 0.717) is 18.7 Å². The molecule has 1 atom stereocenters. The summed E-state index contributed by atoms with van der Waals surface area (Å²) in [6.07, 6.45) is 1.04. The number of ether oxygens (including phenoxy) is 1. The van der Waals surface area contributed by atoms with Crippen molar-refractivity contribution in [3.8, 4) is 5.75 Å². The highest BCUT2D eigenvalue weighted by Crippen LogP contribution is 2.25. The van der Waals surface area contributed by atoms with Gasteiger partial charge in [0.1, 0.15) is 24.2 Å². The van der Waals surface area contributed by atoms with Crippen LogP contribution < -0.4 is 14.4 Å². The van der Waals surface area contributed by atoms with Gasteiger partial charge in [-0.3, -0.25) is 13.9 Å². The lowest BCUT2D eigenvalue weighted by Gasteiger charge is -2.33. The zero-order valence-corrected chi connectivity index (χ0v) is 23.2. The first-order valence-electron chi connectivity index (χ1n) is 12.7. The molecule has 1 unspecified atom stereocenters. The van der Waals surface area contributed by atoms with Crippen molar-refractivity contribution in [1.29, 1.82) is 0 Å². The Labute approximate surface area is 229 Å². The van der Waals surface area contributed by atoms with Gasteiger partial charge in [-0.05, 0) is 66.9 Å². The monoisotopic (exact) mass is 555 g/mol. The number of sulfonamides is 1. The van der Waals surface area contributed by atoms with Crippen molar-refractivity contribution in [1.82, 2.24) is 10.2 Å². The summed E-state index contributed by atoms with van der Waals surface area (Å²) >= 11 is 0. The summed E-state index contributed by atoms with van der Waals surface area (Å²) in [6.45, 7) is 3.66. The predicted molar refractivity (Wildman–Crippen MR) is 148 cm³/mol. The van der Waals surface area contributed by atoms with Gasteiger partial charge < -0.3 is 15.0 Å². The maximum Gasteiger partial charge on any atom is 0.264 e. The van der Waals surface area contributed by atoms with Crippen LogP contribution in [0.3, 0.4) is 0 Å². The molecule has 0 aromatic heterocycles. The molecule has 2 amide bonds. The van der Waals surface area contributed by atoms with Crippen LogP contribution in [0.4, 0.5) is 10.1 Å². The van der Waals surface area contributed by atoms with Crippen molar-refractivity contribution in [3.05, 3.63) is 90.2 Å². The largest absolute Gasteiger partial charge is 0.497 e. The molecule has 3 aromatic rings. The number of halogens is 1. The standard InChI is InChI=1S/C29H34FN3O5S/c1-4-19-31-29(35)27(5-2)32(20-22-11-17-25(38-3)18-12-22)28(34)21-33(24-15-13-23(30)14-16-24)39(36,37)26-9-7-6-8-10-26/h6-18,27H,4-5,19-21H2,1-3H3,(H,31,35). The molecule has 208 valence electrons. The molecule has 0 spiro atoms. The zero-order chi connectivity index (χ0) is 28.4. The molecule has 0 bridgehead atoms. The second-order valence-electron chi connectivity index (χ2n) is 8.89. The highest BCUT2D eigenvalue weighted by Gasteiger charge is 2.33. The van der Waals surface area contributed by atoms with Gasteiger partial charge in [0, 0.05) is 13.1 Å². The number of hydrogen-bond acceptors (Lipinski definition) is 5. The first-order chi connectivity index (χ1) is 18.7. The lowest BCUT2D eigenvalue weighted by Crippen LogP contribution is -2.52. The summed E-state index contributed by atoms with van der Waals surface area (Å²) < 4.78 is 47.2. The van der Waals surface area contributed by atoms with Gasteiger partial charge in [0.15, 0.2) is 0 Å². The molecule has 3 rings (SSSR count). The fourth-order valence-electron chi connectivity index (χ4n) is 4.07. The van der Waals surface area contributed by atoms with Gasteiger partial charge in [-0.15, -0.1) is 0 Å². The van der Waals surface area contributed by atoms with Crippen molar-refractivity contribution in [3.63, 3.8) is 0 Å². The van der Waals surface area contributed by atoms with Crippen LogP contribution in [0, 0.1) is 5.82 Å². The molecule has 0 heterocycles. The number of rotatable bonds is 13. The predicted octanol–water partition coefficient (Wildman–Crippen LogP) is 4.36. The normalized spacial score (nSPS) is 11.9. The number of carbonyl (C=O) groups is 2. The number of benzene rings is 3. The Morgan fingerprint density at radius 1 is 0.949 bits per heavy atom. The molecule has 1 N–H and O–H groups in total. The molecule has 0 aliphatic rings. The number of anilines is 1. The highest BCUT2D eigenvalue weighted by atomic mass is 32.2. The van der Waals surface area contributed by atoms with E-state index < -0.39 is 34.3 Å². The molecule has 0 saturated heterocycles. The summed E-state index contributed by atoms with van der Waals surface area (Å²) in [7, 11) is -2.65. The van der Waals surface area contributed by atoms with E-state index in [9.17, 15) is 22.4 Å². The zero-order valence-electron chi connectivity index (χ0n) is 22.3. The van der Waals surface area contributed by atoms with Crippen LogP contribution in [0.25, 0.3) is 0 Å². The minimum absolute atomic E-state index is 0.0171. The average Bonchev–Trinajstić information content (AvgIpc) is 2.95. The Morgan fingerprint density at radius 3 is 2.15 bits per heavy atom. The van der Waals surface area contributed by atoms with E-state index in [-0.39, 0.29) is 23.0 Å². The Hall–Kier alpha value is -3.92. The Kier molecular flexibility index (Phi) is 10.4. The second kappa shape index (κ2) is 13.7. The SMILES string of the molecule is CCCNC(=O)C(CC)N(Cc1ccc(OC)cc1)C(=O)CN(c1ccc(F)cc1)S(=O)(=O)c1ccccc1. The molecule has 0 saturated carbocycles. The highest BCUT2D eigenvalue weighted by molar-refractivity contribution is 7.92. The minimum atomic E-state index is -4.20. The third-order valence-corrected chi connectivity index (χ3v) is 7.96. The van der Waals surface area contributed by atoms with Crippen LogP contribution in [-0.2, 0) is 26.2 Å². The van der Waals surface area contributed by atoms with Gasteiger partial charge in [0.2, 0.25) is 11.8 Å². The maximum atomic E-state index is 13.9. The number of nitrogens with zero attached hydrogens (tertiary/aromatic N) is 2. The van der Waals surface area contributed by atoms with Gasteiger partial charge in [-0.2, -0.15) is 0 Å².